The Kier molecular flexibility index (Phi) is 8.50. The molecule has 0 heterocycles. The predicted molar refractivity (Wildman–Crippen MR) is 83.5 cm³/mol. The maximum atomic E-state index is 9.28. The van der Waals surface area contributed by atoms with Crippen molar-refractivity contribution in [3.8, 4) is 11.5 Å². The SMILES string of the molecule is Oc1cc(Cl)c(OCCCCOCC=C(Cl)Cl)c(Cl)c1. The summed E-state index contributed by atoms with van der Waals surface area (Å²) in [6.07, 6.45) is 3.18. The number of hydrogen-bond donors (Lipinski definition) is 1. The van der Waals surface area contributed by atoms with E-state index in [1.165, 1.54) is 12.1 Å². The van der Waals surface area contributed by atoms with Gasteiger partial charge in [0, 0.05) is 18.7 Å². The molecule has 0 radical (unpaired) electrons. The molecule has 1 aromatic carbocycles. The lowest BCUT2D eigenvalue weighted by Crippen LogP contribution is -2.01. The Morgan fingerprint density at radius 3 is 2.30 bits per heavy atom. The van der Waals surface area contributed by atoms with Gasteiger partial charge in [0.2, 0.25) is 0 Å². The lowest BCUT2D eigenvalue weighted by atomic mass is 10.3. The molecule has 3 nitrogen and oxygen atoms in total. The Balaban J connectivity index is 2.20. The Hall–Kier alpha value is -0.320. The zero-order chi connectivity index (χ0) is 15.0. The number of ether oxygens (including phenoxy) is 2. The second-order valence-electron chi connectivity index (χ2n) is 3.86. The molecule has 1 N–H and O–H groups in total. The van der Waals surface area contributed by atoms with Crippen LogP contribution in [0.5, 0.6) is 11.5 Å². The molecule has 0 atom stereocenters. The van der Waals surface area contributed by atoms with E-state index in [2.05, 4.69) is 0 Å². The zero-order valence-corrected chi connectivity index (χ0v) is 13.6. The van der Waals surface area contributed by atoms with Crippen molar-refractivity contribution in [1.82, 2.24) is 0 Å². The fraction of sp³-hybridized carbons (Fsp3) is 0.385. The molecule has 0 unspecified atom stereocenters. The van der Waals surface area contributed by atoms with Crippen LogP contribution in [0.3, 0.4) is 0 Å². The van der Waals surface area contributed by atoms with Crippen molar-refractivity contribution in [2.45, 2.75) is 12.8 Å². The minimum atomic E-state index is 0.00626. The molecule has 20 heavy (non-hydrogen) atoms. The van der Waals surface area contributed by atoms with Crippen LogP contribution in [-0.2, 0) is 4.74 Å². The second kappa shape index (κ2) is 9.59. The van der Waals surface area contributed by atoms with Gasteiger partial charge in [-0.15, -0.1) is 0 Å². The van der Waals surface area contributed by atoms with Crippen molar-refractivity contribution in [3.63, 3.8) is 0 Å². The molecule has 0 aliphatic carbocycles. The Bertz CT molecular complexity index is 436. The van der Waals surface area contributed by atoms with Gasteiger partial charge in [0.05, 0.1) is 23.3 Å². The van der Waals surface area contributed by atoms with Crippen molar-refractivity contribution in [2.75, 3.05) is 19.8 Å². The number of aromatic hydroxyl groups is 1. The molecule has 0 saturated heterocycles. The maximum Gasteiger partial charge on any atom is 0.156 e. The van der Waals surface area contributed by atoms with Crippen LogP contribution in [0.25, 0.3) is 0 Å². The maximum absolute atomic E-state index is 9.28. The summed E-state index contributed by atoms with van der Waals surface area (Å²) in [7, 11) is 0. The summed E-state index contributed by atoms with van der Waals surface area (Å²) in [5.74, 6) is 0.385. The second-order valence-corrected chi connectivity index (χ2v) is 5.69. The van der Waals surface area contributed by atoms with Crippen molar-refractivity contribution in [1.29, 1.82) is 0 Å². The molecule has 0 amide bonds. The lowest BCUT2D eigenvalue weighted by molar-refractivity contribution is 0.152. The third-order valence-corrected chi connectivity index (χ3v) is 3.14. The normalized spacial score (nSPS) is 10.4. The van der Waals surface area contributed by atoms with Gasteiger partial charge in [0.1, 0.15) is 10.2 Å². The summed E-state index contributed by atoms with van der Waals surface area (Å²) in [5, 5.41) is 9.86. The first-order chi connectivity index (χ1) is 9.50. The van der Waals surface area contributed by atoms with E-state index < -0.39 is 0 Å². The van der Waals surface area contributed by atoms with E-state index in [9.17, 15) is 5.11 Å². The number of hydrogen-bond acceptors (Lipinski definition) is 3. The third kappa shape index (κ3) is 6.91. The smallest absolute Gasteiger partial charge is 0.156 e. The van der Waals surface area contributed by atoms with Crippen molar-refractivity contribution >= 4 is 46.4 Å². The average molecular weight is 360 g/mol. The Labute approximate surface area is 138 Å². The molecule has 0 aromatic heterocycles. The molecule has 7 heteroatoms. The molecular formula is C13H14Cl4O3. The molecule has 1 rings (SSSR count). The minimum Gasteiger partial charge on any atom is -0.508 e. The summed E-state index contributed by atoms with van der Waals surface area (Å²) in [6, 6.07) is 2.77. The van der Waals surface area contributed by atoms with Crippen LogP contribution in [0, 0.1) is 0 Å². The highest BCUT2D eigenvalue weighted by Gasteiger charge is 2.09. The average Bonchev–Trinajstić information content (AvgIpc) is 2.34. The highest BCUT2D eigenvalue weighted by Crippen LogP contribution is 2.36. The van der Waals surface area contributed by atoms with Crippen LogP contribution >= 0.6 is 46.4 Å². The van der Waals surface area contributed by atoms with E-state index in [0.29, 0.717) is 25.6 Å². The molecule has 1 aromatic rings. The summed E-state index contributed by atoms with van der Waals surface area (Å²) in [5.41, 5.74) is 0. The van der Waals surface area contributed by atoms with Crippen LogP contribution in [0.4, 0.5) is 0 Å². The number of halogens is 4. The van der Waals surface area contributed by atoms with Crippen LogP contribution < -0.4 is 4.74 Å². The number of benzene rings is 1. The van der Waals surface area contributed by atoms with E-state index in [4.69, 9.17) is 55.9 Å². The van der Waals surface area contributed by atoms with Gasteiger partial charge in [-0.2, -0.15) is 0 Å². The molecule has 0 aliphatic rings. The van der Waals surface area contributed by atoms with Gasteiger partial charge in [-0.1, -0.05) is 46.4 Å². The monoisotopic (exact) mass is 358 g/mol. The third-order valence-electron chi connectivity index (χ3n) is 2.27. The van der Waals surface area contributed by atoms with E-state index in [1.807, 2.05) is 0 Å². The van der Waals surface area contributed by atoms with E-state index in [1.54, 1.807) is 6.08 Å². The first-order valence-corrected chi connectivity index (χ1v) is 7.41. The van der Waals surface area contributed by atoms with Gasteiger partial charge in [-0.25, -0.2) is 0 Å². The van der Waals surface area contributed by atoms with Crippen molar-refractivity contribution < 1.29 is 14.6 Å². The number of phenols is 1. The highest BCUT2D eigenvalue weighted by molar-refractivity contribution is 6.55. The van der Waals surface area contributed by atoms with E-state index in [-0.39, 0.29) is 20.3 Å². The quantitative estimate of drug-likeness (QED) is 0.649. The minimum absolute atomic E-state index is 0.00626. The predicted octanol–water partition coefficient (Wildman–Crippen LogP) is 5.19. The molecule has 112 valence electrons. The lowest BCUT2D eigenvalue weighted by Gasteiger charge is -2.10. The number of phenolic OH excluding ortho intramolecular Hbond substituents is 1. The first kappa shape index (κ1) is 17.7. The van der Waals surface area contributed by atoms with Gasteiger partial charge in [-0.05, 0) is 18.9 Å². The Morgan fingerprint density at radius 2 is 1.70 bits per heavy atom. The van der Waals surface area contributed by atoms with Gasteiger partial charge < -0.3 is 14.6 Å². The molecule has 0 spiro atoms. The summed E-state index contributed by atoms with van der Waals surface area (Å²) < 4.78 is 11.0. The van der Waals surface area contributed by atoms with Gasteiger partial charge in [0.15, 0.2) is 5.75 Å². The first-order valence-electron chi connectivity index (χ1n) is 5.90. The zero-order valence-electron chi connectivity index (χ0n) is 10.5. The molecule has 0 saturated carbocycles. The molecule has 0 fully saturated rings. The molecule has 0 aliphatic heterocycles. The summed E-state index contributed by atoms with van der Waals surface area (Å²) >= 11 is 22.7. The number of rotatable bonds is 8. The standard InChI is InChI=1S/C13H14Cl4O3/c14-10-7-9(18)8-11(15)13(10)20-5-2-1-4-19-6-3-12(16)17/h3,7-8,18H,1-2,4-6H2. The molecular weight excluding hydrogens is 346 g/mol. The highest BCUT2D eigenvalue weighted by atomic mass is 35.5. The fourth-order valence-electron chi connectivity index (χ4n) is 1.37. The van der Waals surface area contributed by atoms with Gasteiger partial charge >= 0.3 is 0 Å². The fourth-order valence-corrected chi connectivity index (χ4v) is 2.08. The topological polar surface area (TPSA) is 38.7 Å². The largest absolute Gasteiger partial charge is 0.508 e. The van der Waals surface area contributed by atoms with Crippen LogP contribution in [-0.4, -0.2) is 24.9 Å². The summed E-state index contributed by atoms with van der Waals surface area (Å²) in [6.45, 7) is 1.43. The van der Waals surface area contributed by atoms with E-state index >= 15 is 0 Å². The Morgan fingerprint density at radius 1 is 1.10 bits per heavy atom. The van der Waals surface area contributed by atoms with Gasteiger partial charge in [-0.3, -0.25) is 0 Å². The van der Waals surface area contributed by atoms with E-state index in [0.717, 1.165) is 12.8 Å². The van der Waals surface area contributed by atoms with Gasteiger partial charge in [0.25, 0.3) is 0 Å². The number of unbranched alkanes of at least 4 members (excludes halogenated alkanes) is 1. The molecule has 0 bridgehead atoms. The van der Waals surface area contributed by atoms with Crippen molar-refractivity contribution in [2.24, 2.45) is 0 Å². The van der Waals surface area contributed by atoms with Crippen LogP contribution in [0.2, 0.25) is 10.0 Å². The van der Waals surface area contributed by atoms with Crippen LogP contribution in [0.15, 0.2) is 22.7 Å². The van der Waals surface area contributed by atoms with Crippen molar-refractivity contribution in [3.05, 3.63) is 32.7 Å². The summed E-state index contributed by atoms with van der Waals surface area (Å²) in [4.78, 5) is 0. The van der Waals surface area contributed by atoms with Crippen LogP contribution in [0.1, 0.15) is 12.8 Å².